The Hall–Kier alpha value is -2.96. The Bertz CT molecular complexity index is 834. The molecule has 0 aliphatic heterocycles. The maximum Gasteiger partial charge on any atom is 0.337 e. The van der Waals surface area contributed by atoms with Gasteiger partial charge in [0.2, 0.25) is 5.91 Å². The molecular formula is C18H15F2NO4. The highest BCUT2D eigenvalue weighted by atomic mass is 19.1. The lowest BCUT2D eigenvalue weighted by Crippen LogP contribution is -2.16. The summed E-state index contributed by atoms with van der Waals surface area (Å²) in [5, 5.41) is 11.9. The van der Waals surface area contributed by atoms with Crippen molar-refractivity contribution in [3.8, 4) is 5.75 Å². The van der Waals surface area contributed by atoms with Crippen LogP contribution in [0.2, 0.25) is 0 Å². The number of nitrogens with one attached hydrogen (secondary N) is 1. The van der Waals surface area contributed by atoms with Crippen molar-refractivity contribution in [1.82, 2.24) is 0 Å². The van der Waals surface area contributed by atoms with Gasteiger partial charge in [-0.25, -0.2) is 13.6 Å². The SMILES string of the molecule is O=C(O)c1cc(OCc2ccc(F)cc2F)ccc1NC(=O)C1CC1. The van der Waals surface area contributed by atoms with Crippen LogP contribution in [0.15, 0.2) is 36.4 Å². The molecule has 0 unspecified atom stereocenters. The lowest BCUT2D eigenvalue weighted by atomic mass is 10.1. The van der Waals surface area contributed by atoms with E-state index in [1.54, 1.807) is 0 Å². The summed E-state index contributed by atoms with van der Waals surface area (Å²) in [6, 6.07) is 7.29. The summed E-state index contributed by atoms with van der Waals surface area (Å²) < 4.78 is 31.9. The number of carbonyl (C=O) groups is 2. The smallest absolute Gasteiger partial charge is 0.337 e. The molecule has 2 aromatic rings. The molecule has 0 aromatic heterocycles. The van der Waals surface area contributed by atoms with Crippen LogP contribution in [0.1, 0.15) is 28.8 Å². The van der Waals surface area contributed by atoms with Crippen LogP contribution in [-0.2, 0) is 11.4 Å². The van der Waals surface area contributed by atoms with Gasteiger partial charge in [-0.2, -0.15) is 0 Å². The van der Waals surface area contributed by atoms with Crippen molar-refractivity contribution in [2.75, 3.05) is 5.32 Å². The number of hydrogen-bond acceptors (Lipinski definition) is 3. The summed E-state index contributed by atoms with van der Waals surface area (Å²) in [6.45, 7) is -0.182. The second-order valence-corrected chi connectivity index (χ2v) is 5.80. The predicted octanol–water partition coefficient (Wildman–Crippen LogP) is 3.59. The van der Waals surface area contributed by atoms with Crippen LogP contribution < -0.4 is 10.1 Å². The Kier molecular flexibility index (Phi) is 4.65. The molecule has 0 bridgehead atoms. The molecule has 0 radical (unpaired) electrons. The van der Waals surface area contributed by atoms with E-state index >= 15 is 0 Å². The van der Waals surface area contributed by atoms with Gasteiger partial charge >= 0.3 is 5.97 Å². The van der Waals surface area contributed by atoms with Crippen molar-refractivity contribution >= 4 is 17.6 Å². The van der Waals surface area contributed by atoms with E-state index in [2.05, 4.69) is 5.32 Å². The minimum Gasteiger partial charge on any atom is -0.489 e. The third-order valence-electron chi connectivity index (χ3n) is 3.84. The van der Waals surface area contributed by atoms with Gasteiger partial charge in [-0.1, -0.05) is 0 Å². The first-order valence-electron chi connectivity index (χ1n) is 7.69. The molecule has 0 spiro atoms. The van der Waals surface area contributed by atoms with Crippen molar-refractivity contribution in [2.24, 2.45) is 5.92 Å². The topological polar surface area (TPSA) is 75.6 Å². The van der Waals surface area contributed by atoms with Crippen molar-refractivity contribution in [3.05, 3.63) is 59.2 Å². The summed E-state index contributed by atoms with van der Waals surface area (Å²) in [7, 11) is 0. The van der Waals surface area contributed by atoms with Crippen LogP contribution in [0.5, 0.6) is 5.75 Å². The van der Waals surface area contributed by atoms with Gasteiger partial charge in [-0.15, -0.1) is 0 Å². The van der Waals surface area contributed by atoms with E-state index in [0.717, 1.165) is 25.0 Å². The number of halogens is 2. The van der Waals surface area contributed by atoms with Crippen molar-refractivity contribution < 1.29 is 28.2 Å². The zero-order valence-electron chi connectivity index (χ0n) is 13.1. The number of amides is 1. The van der Waals surface area contributed by atoms with Crippen LogP contribution in [0.3, 0.4) is 0 Å². The molecule has 5 nitrogen and oxygen atoms in total. The molecule has 0 atom stereocenters. The maximum absolute atomic E-state index is 13.6. The Balaban J connectivity index is 1.74. The van der Waals surface area contributed by atoms with E-state index in [4.69, 9.17) is 4.74 Å². The van der Waals surface area contributed by atoms with E-state index in [9.17, 15) is 23.5 Å². The first-order valence-corrected chi connectivity index (χ1v) is 7.69. The van der Waals surface area contributed by atoms with E-state index in [0.29, 0.717) is 0 Å². The largest absolute Gasteiger partial charge is 0.489 e. The van der Waals surface area contributed by atoms with E-state index in [1.165, 1.54) is 24.3 Å². The van der Waals surface area contributed by atoms with E-state index in [-0.39, 0.29) is 41.0 Å². The second-order valence-electron chi connectivity index (χ2n) is 5.80. The van der Waals surface area contributed by atoms with Gasteiger partial charge in [0.1, 0.15) is 24.0 Å². The van der Waals surface area contributed by atoms with Crippen LogP contribution >= 0.6 is 0 Å². The monoisotopic (exact) mass is 347 g/mol. The number of carboxylic acids is 1. The summed E-state index contributed by atoms with van der Waals surface area (Å²) in [6.07, 6.45) is 1.61. The van der Waals surface area contributed by atoms with Gasteiger partial charge in [-0.3, -0.25) is 4.79 Å². The fourth-order valence-corrected chi connectivity index (χ4v) is 2.28. The summed E-state index contributed by atoms with van der Waals surface area (Å²) >= 11 is 0. The van der Waals surface area contributed by atoms with Crippen LogP contribution in [0.25, 0.3) is 0 Å². The molecule has 1 aliphatic rings. The number of anilines is 1. The quantitative estimate of drug-likeness (QED) is 0.837. The molecule has 1 fully saturated rings. The molecule has 7 heteroatoms. The molecule has 2 N–H and O–H groups in total. The molecule has 25 heavy (non-hydrogen) atoms. The highest BCUT2D eigenvalue weighted by Gasteiger charge is 2.30. The Labute approximate surface area is 142 Å². The first kappa shape index (κ1) is 16.9. The average Bonchev–Trinajstić information content (AvgIpc) is 3.40. The van der Waals surface area contributed by atoms with E-state index < -0.39 is 17.6 Å². The normalized spacial score (nSPS) is 13.4. The second kappa shape index (κ2) is 6.88. The molecule has 1 saturated carbocycles. The van der Waals surface area contributed by atoms with Crippen molar-refractivity contribution in [3.63, 3.8) is 0 Å². The van der Waals surface area contributed by atoms with E-state index in [1.807, 2.05) is 0 Å². The number of rotatable bonds is 6. The van der Waals surface area contributed by atoms with Gasteiger partial charge in [0.05, 0.1) is 11.3 Å². The van der Waals surface area contributed by atoms with Gasteiger partial charge in [0, 0.05) is 17.5 Å². The summed E-state index contributed by atoms with van der Waals surface area (Å²) in [5.74, 6) is -2.71. The fraction of sp³-hybridized carbons (Fsp3) is 0.222. The molecule has 3 rings (SSSR count). The molecule has 130 valence electrons. The maximum atomic E-state index is 13.6. The Morgan fingerprint density at radius 2 is 1.92 bits per heavy atom. The van der Waals surface area contributed by atoms with Crippen LogP contribution in [-0.4, -0.2) is 17.0 Å². The number of hydrogen-bond donors (Lipinski definition) is 2. The summed E-state index contributed by atoms with van der Waals surface area (Å²) in [4.78, 5) is 23.2. The highest BCUT2D eigenvalue weighted by Crippen LogP contribution is 2.31. The third-order valence-corrected chi connectivity index (χ3v) is 3.84. The lowest BCUT2D eigenvalue weighted by molar-refractivity contribution is -0.117. The first-order chi connectivity index (χ1) is 11.9. The van der Waals surface area contributed by atoms with Gasteiger partial charge in [0.15, 0.2) is 0 Å². The zero-order chi connectivity index (χ0) is 18.0. The Morgan fingerprint density at radius 1 is 1.16 bits per heavy atom. The van der Waals surface area contributed by atoms with Gasteiger partial charge in [0.25, 0.3) is 0 Å². The molecule has 2 aromatic carbocycles. The fourth-order valence-electron chi connectivity index (χ4n) is 2.28. The molecular weight excluding hydrogens is 332 g/mol. The molecule has 0 saturated heterocycles. The molecule has 0 heterocycles. The van der Waals surface area contributed by atoms with Crippen molar-refractivity contribution in [1.29, 1.82) is 0 Å². The van der Waals surface area contributed by atoms with Crippen LogP contribution in [0.4, 0.5) is 14.5 Å². The zero-order valence-corrected chi connectivity index (χ0v) is 13.1. The summed E-state index contributed by atoms with van der Waals surface area (Å²) in [5.41, 5.74) is 0.208. The number of carboxylic acid groups (broad SMARTS) is 1. The average molecular weight is 347 g/mol. The third kappa shape index (κ3) is 4.12. The molecule has 1 amide bonds. The minimum atomic E-state index is -1.22. The number of ether oxygens (including phenoxy) is 1. The number of benzene rings is 2. The lowest BCUT2D eigenvalue weighted by Gasteiger charge is -2.12. The highest BCUT2D eigenvalue weighted by molar-refractivity contribution is 6.02. The van der Waals surface area contributed by atoms with Crippen LogP contribution in [0, 0.1) is 17.6 Å². The standard InChI is InChI=1S/C18H15F2NO4/c19-12-4-3-11(15(20)7-12)9-25-13-5-6-16(14(8-13)18(23)24)21-17(22)10-1-2-10/h3-8,10H,1-2,9H2,(H,21,22)(H,23,24). The molecule has 1 aliphatic carbocycles. The Morgan fingerprint density at radius 3 is 2.56 bits per heavy atom. The predicted molar refractivity (Wildman–Crippen MR) is 85.4 cm³/mol. The van der Waals surface area contributed by atoms with Gasteiger partial charge in [-0.05, 0) is 43.2 Å². The number of aromatic carboxylic acids is 1. The van der Waals surface area contributed by atoms with Gasteiger partial charge < -0.3 is 15.2 Å². The number of carbonyl (C=O) groups excluding carboxylic acids is 1. The van der Waals surface area contributed by atoms with Crippen molar-refractivity contribution in [2.45, 2.75) is 19.4 Å². The minimum absolute atomic E-state index is 0.0565.